The van der Waals surface area contributed by atoms with Crippen LogP contribution in [-0.2, 0) is 23.3 Å². The van der Waals surface area contributed by atoms with Crippen LogP contribution in [0.25, 0.3) is 0 Å². The number of nitrogens with zero attached hydrogens (tertiary/aromatic N) is 1. The van der Waals surface area contributed by atoms with Crippen molar-refractivity contribution in [1.82, 2.24) is 4.98 Å². The summed E-state index contributed by atoms with van der Waals surface area (Å²) in [6.45, 7) is 6.04. The topological polar surface area (TPSA) is 51.6 Å². The minimum absolute atomic E-state index is 0.0519. The largest absolute Gasteiger partial charge is 0.461 e. The number of aryl methyl sites for hydroxylation is 1. The Morgan fingerprint density at radius 3 is 2.76 bits per heavy atom. The van der Waals surface area contributed by atoms with Gasteiger partial charge in [-0.25, -0.2) is 0 Å². The molecule has 0 bridgehead atoms. The van der Waals surface area contributed by atoms with Gasteiger partial charge in [-0.15, -0.1) is 0 Å². The van der Waals surface area contributed by atoms with E-state index in [1.54, 1.807) is 0 Å². The maximum atomic E-state index is 9.45. The quantitative estimate of drug-likeness (QED) is 0.853. The Hall–Kier alpha value is -0.650. The molecular formula is C12H16BrNO3. The molecule has 0 spiro atoms. The highest BCUT2D eigenvalue weighted by atomic mass is 79.9. The fraction of sp³-hybridized carbons (Fsp3) is 0.583. The summed E-state index contributed by atoms with van der Waals surface area (Å²) in [6, 6.07) is 0. The highest BCUT2D eigenvalue weighted by Crippen LogP contribution is 2.36. The van der Waals surface area contributed by atoms with Crippen molar-refractivity contribution in [1.29, 1.82) is 0 Å². The second-order valence-electron chi connectivity index (χ2n) is 4.51. The van der Waals surface area contributed by atoms with Gasteiger partial charge in [-0.3, -0.25) is 4.98 Å². The van der Waals surface area contributed by atoms with Gasteiger partial charge in [0.1, 0.15) is 5.75 Å². The zero-order valence-electron chi connectivity index (χ0n) is 10.2. The van der Waals surface area contributed by atoms with Gasteiger partial charge in [-0.05, 0) is 6.92 Å². The Bertz CT molecular complexity index is 446. The second-order valence-corrected chi connectivity index (χ2v) is 5.07. The molecular weight excluding hydrogens is 286 g/mol. The van der Waals surface area contributed by atoms with Crippen molar-refractivity contribution in [2.75, 3.05) is 0 Å². The smallest absolute Gasteiger partial charge is 0.205 e. The number of aliphatic hydroxyl groups is 1. The van der Waals surface area contributed by atoms with Crippen LogP contribution in [0.1, 0.15) is 36.4 Å². The molecule has 5 heteroatoms. The number of hydrogen-bond donors (Lipinski definition) is 1. The van der Waals surface area contributed by atoms with E-state index in [1.807, 2.05) is 20.8 Å². The van der Waals surface area contributed by atoms with E-state index < -0.39 is 5.79 Å². The molecule has 0 unspecified atom stereocenters. The van der Waals surface area contributed by atoms with E-state index in [-0.39, 0.29) is 6.61 Å². The van der Waals surface area contributed by atoms with Crippen molar-refractivity contribution in [3.63, 3.8) is 0 Å². The van der Waals surface area contributed by atoms with Crippen molar-refractivity contribution in [2.45, 2.75) is 45.1 Å². The normalized spacial score (nSPS) is 17.5. The van der Waals surface area contributed by atoms with E-state index in [4.69, 9.17) is 9.47 Å². The van der Waals surface area contributed by atoms with Gasteiger partial charge in [0.05, 0.1) is 24.6 Å². The predicted molar refractivity (Wildman–Crippen MR) is 67.0 cm³/mol. The van der Waals surface area contributed by atoms with Crippen LogP contribution in [0.2, 0.25) is 0 Å². The first kappa shape index (κ1) is 12.8. The fourth-order valence-electron chi connectivity index (χ4n) is 1.96. The monoisotopic (exact) mass is 301 g/mol. The molecule has 1 N–H and O–H groups in total. The number of aromatic nitrogens is 1. The van der Waals surface area contributed by atoms with E-state index in [2.05, 4.69) is 20.9 Å². The van der Waals surface area contributed by atoms with Crippen molar-refractivity contribution < 1.29 is 14.6 Å². The SMILES string of the molecule is Cc1nc(CBr)c(CO)c2c1OC(C)(C)OC2. The van der Waals surface area contributed by atoms with E-state index >= 15 is 0 Å². The molecule has 0 radical (unpaired) electrons. The number of rotatable bonds is 2. The summed E-state index contributed by atoms with van der Waals surface area (Å²) in [5.41, 5.74) is 3.39. The molecule has 0 aliphatic carbocycles. The summed E-state index contributed by atoms with van der Waals surface area (Å²) in [5, 5.41) is 10.1. The highest BCUT2D eigenvalue weighted by molar-refractivity contribution is 9.08. The molecule has 0 atom stereocenters. The van der Waals surface area contributed by atoms with Crippen LogP contribution < -0.4 is 4.74 Å². The highest BCUT2D eigenvalue weighted by Gasteiger charge is 2.31. The maximum absolute atomic E-state index is 9.45. The van der Waals surface area contributed by atoms with E-state index in [9.17, 15) is 5.11 Å². The number of halogens is 1. The third kappa shape index (κ3) is 2.32. The third-order valence-corrected chi connectivity index (χ3v) is 3.35. The van der Waals surface area contributed by atoms with Gasteiger partial charge < -0.3 is 14.6 Å². The first-order valence-electron chi connectivity index (χ1n) is 5.49. The zero-order valence-corrected chi connectivity index (χ0v) is 11.8. The Morgan fingerprint density at radius 2 is 2.18 bits per heavy atom. The molecule has 1 aromatic rings. The Balaban J connectivity index is 2.57. The van der Waals surface area contributed by atoms with Crippen molar-refractivity contribution >= 4 is 15.9 Å². The lowest BCUT2D eigenvalue weighted by atomic mass is 10.0. The first-order chi connectivity index (χ1) is 7.98. The van der Waals surface area contributed by atoms with E-state index in [0.717, 1.165) is 28.3 Å². The molecule has 0 saturated carbocycles. The molecule has 4 nitrogen and oxygen atoms in total. The Kier molecular flexibility index (Phi) is 3.43. The summed E-state index contributed by atoms with van der Waals surface area (Å²) in [6.07, 6.45) is 0. The van der Waals surface area contributed by atoms with Crippen molar-refractivity contribution in [3.8, 4) is 5.75 Å². The maximum Gasteiger partial charge on any atom is 0.205 e. The third-order valence-electron chi connectivity index (χ3n) is 2.81. The Labute approximate surface area is 109 Å². The molecule has 0 saturated heterocycles. The predicted octanol–water partition coefficient (Wildman–Crippen LogP) is 2.42. The molecule has 1 aliphatic heterocycles. The molecule has 1 aliphatic rings. The fourth-order valence-corrected chi connectivity index (χ4v) is 2.42. The molecule has 17 heavy (non-hydrogen) atoms. The molecule has 0 fully saturated rings. The van der Waals surface area contributed by atoms with Gasteiger partial charge in [-0.1, -0.05) is 15.9 Å². The van der Waals surface area contributed by atoms with Gasteiger partial charge in [0.15, 0.2) is 0 Å². The Morgan fingerprint density at radius 1 is 1.47 bits per heavy atom. The molecule has 94 valence electrons. The van der Waals surface area contributed by atoms with Crippen LogP contribution in [0.5, 0.6) is 5.75 Å². The average Bonchev–Trinajstić information content (AvgIpc) is 2.28. The summed E-state index contributed by atoms with van der Waals surface area (Å²) in [4.78, 5) is 4.45. The average molecular weight is 302 g/mol. The van der Waals surface area contributed by atoms with Gasteiger partial charge in [0, 0.05) is 30.3 Å². The molecule has 0 amide bonds. The van der Waals surface area contributed by atoms with Crippen molar-refractivity contribution in [2.24, 2.45) is 0 Å². The van der Waals surface area contributed by atoms with Crippen LogP contribution in [0, 0.1) is 6.92 Å². The standard InChI is InChI=1S/C12H16BrNO3/c1-7-11-9(6-16-12(2,3)17-11)8(5-15)10(4-13)14-7/h15H,4-6H2,1-3H3. The second kappa shape index (κ2) is 4.55. The lowest BCUT2D eigenvalue weighted by Gasteiger charge is -2.34. The lowest BCUT2D eigenvalue weighted by molar-refractivity contribution is -0.181. The van der Waals surface area contributed by atoms with Gasteiger partial charge in [0.2, 0.25) is 5.79 Å². The number of ether oxygens (including phenoxy) is 2. The van der Waals surface area contributed by atoms with Crippen LogP contribution in [0.15, 0.2) is 0 Å². The number of fused-ring (bicyclic) bond motifs is 1. The van der Waals surface area contributed by atoms with Crippen LogP contribution in [-0.4, -0.2) is 15.9 Å². The number of alkyl halides is 1. The van der Waals surface area contributed by atoms with Gasteiger partial charge >= 0.3 is 0 Å². The number of aliphatic hydroxyl groups excluding tert-OH is 1. The van der Waals surface area contributed by atoms with Crippen LogP contribution >= 0.6 is 15.9 Å². The number of hydrogen-bond acceptors (Lipinski definition) is 4. The van der Waals surface area contributed by atoms with Gasteiger partial charge in [-0.2, -0.15) is 0 Å². The molecule has 1 aromatic heterocycles. The van der Waals surface area contributed by atoms with Crippen molar-refractivity contribution in [3.05, 3.63) is 22.5 Å². The van der Waals surface area contributed by atoms with E-state index in [0.29, 0.717) is 11.9 Å². The zero-order chi connectivity index (χ0) is 12.6. The summed E-state index contributed by atoms with van der Waals surface area (Å²) in [7, 11) is 0. The summed E-state index contributed by atoms with van der Waals surface area (Å²) >= 11 is 3.38. The molecule has 0 aromatic carbocycles. The number of pyridine rings is 1. The summed E-state index contributed by atoms with van der Waals surface area (Å²) < 4.78 is 11.4. The van der Waals surface area contributed by atoms with E-state index in [1.165, 1.54) is 0 Å². The van der Waals surface area contributed by atoms with Crippen LogP contribution in [0.4, 0.5) is 0 Å². The minimum atomic E-state index is -0.637. The lowest BCUT2D eigenvalue weighted by Crippen LogP contribution is -2.36. The minimum Gasteiger partial charge on any atom is -0.461 e. The van der Waals surface area contributed by atoms with Gasteiger partial charge in [0.25, 0.3) is 0 Å². The van der Waals surface area contributed by atoms with Crippen LogP contribution in [0.3, 0.4) is 0 Å². The molecule has 2 rings (SSSR count). The first-order valence-corrected chi connectivity index (χ1v) is 6.61. The molecule has 2 heterocycles. The summed E-state index contributed by atoms with van der Waals surface area (Å²) in [5.74, 6) is 0.109.